The molecule has 1 fully saturated rings. The van der Waals surface area contributed by atoms with Crippen molar-refractivity contribution in [2.75, 3.05) is 27.3 Å². The summed E-state index contributed by atoms with van der Waals surface area (Å²) < 4.78 is 24.1. The third-order valence-corrected chi connectivity index (χ3v) is 5.91. The number of nitrogens with one attached hydrogen (secondary N) is 1. The highest BCUT2D eigenvalue weighted by atomic mass is 19.1. The van der Waals surface area contributed by atoms with Gasteiger partial charge >= 0.3 is 0 Å². The van der Waals surface area contributed by atoms with E-state index in [1.807, 2.05) is 32.9 Å². The zero-order chi connectivity index (χ0) is 24.2. The number of carbonyl (C=O) groups excluding carboxylic acids is 2. The fourth-order valence-electron chi connectivity index (χ4n) is 4.20. The number of nitrogens with zero attached hydrogens (tertiary/aromatic N) is 1. The number of halogens is 1. The van der Waals surface area contributed by atoms with Gasteiger partial charge in [0.15, 0.2) is 0 Å². The van der Waals surface area contributed by atoms with Crippen molar-refractivity contribution < 1.29 is 23.5 Å². The predicted molar refractivity (Wildman–Crippen MR) is 125 cm³/mol. The lowest BCUT2D eigenvalue weighted by molar-refractivity contribution is -0.132. The molecule has 7 heteroatoms. The number of carbonyl (C=O) groups is 2. The molecule has 0 spiro atoms. The number of ether oxygens (including phenoxy) is 2. The number of methoxy groups -OCH3 is 2. The van der Waals surface area contributed by atoms with Gasteiger partial charge in [-0.05, 0) is 29.2 Å². The van der Waals surface area contributed by atoms with E-state index in [0.717, 1.165) is 11.1 Å². The fraction of sp³-hybridized carbons (Fsp3) is 0.462. The molecule has 0 radical (unpaired) electrons. The van der Waals surface area contributed by atoms with Gasteiger partial charge in [-0.1, -0.05) is 39.0 Å². The van der Waals surface area contributed by atoms with Crippen LogP contribution in [0.5, 0.6) is 11.5 Å². The molecule has 1 saturated heterocycles. The van der Waals surface area contributed by atoms with E-state index in [2.05, 4.69) is 5.32 Å². The van der Waals surface area contributed by atoms with E-state index in [9.17, 15) is 14.0 Å². The van der Waals surface area contributed by atoms with E-state index in [4.69, 9.17) is 9.47 Å². The first-order valence-corrected chi connectivity index (χ1v) is 11.1. The van der Waals surface area contributed by atoms with Crippen LogP contribution in [0, 0.1) is 17.2 Å². The monoisotopic (exact) mass is 456 g/mol. The van der Waals surface area contributed by atoms with Crippen LogP contribution in [0.1, 0.15) is 44.2 Å². The highest BCUT2D eigenvalue weighted by Crippen LogP contribution is 2.40. The summed E-state index contributed by atoms with van der Waals surface area (Å²) in [5.41, 5.74) is 1.53. The first kappa shape index (κ1) is 24.6. The predicted octanol–water partition coefficient (Wildman–Crippen LogP) is 4.14. The maximum atomic E-state index is 13.3. The summed E-state index contributed by atoms with van der Waals surface area (Å²) in [6, 6.07) is 11.6. The van der Waals surface area contributed by atoms with Gasteiger partial charge in [0, 0.05) is 43.6 Å². The molecule has 1 aliphatic rings. The normalized spacial score (nSPS) is 18.2. The molecule has 0 aliphatic carbocycles. The molecule has 1 N–H and O–H groups in total. The summed E-state index contributed by atoms with van der Waals surface area (Å²) in [6.07, 6.45) is 0.406. The first-order chi connectivity index (χ1) is 15.6. The second kappa shape index (κ2) is 10.2. The van der Waals surface area contributed by atoms with Gasteiger partial charge in [-0.25, -0.2) is 4.39 Å². The smallest absolute Gasteiger partial charge is 0.225 e. The zero-order valence-electron chi connectivity index (χ0n) is 20.0. The molecule has 2 aromatic rings. The van der Waals surface area contributed by atoms with Crippen molar-refractivity contribution >= 4 is 11.8 Å². The Kier molecular flexibility index (Phi) is 7.61. The van der Waals surface area contributed by atoms with E-state index in [1.165, 1.54) is 12.1 Å². The summed E-state index contributed by atoms with van der Waals surface area (Å²) in [7, 11) is 3.17. The van der Waals surface area contributed by atoms with Crippen LogP contribution >= 0.6 is 0 Å². The number of benzene rings is 2. The van der Waals surface area contributed by atoms with Crippen LogP contribution in [0.2, 0.25) is 0 Å². The van der Waals surface area contributed by atoms with Gasteiger partial charge in [-0.15, -0.1) is 0 Å². The van der Waals surface area contributed by atoms with Crippen LogP contribution in [0.25, 0.3) is 0 Å². The Hall–Kier alpha value is -3.09. The third kappa shape index (κ3) is 6.24. The summed E-state index contributed by atoms with van der Waals surface area (Å²) in [5, 5.41) is 2.96. The van der Waals surface area contributed by atoms with Crippen LogP contribution in [-0.4, -0.2) is 44.0 Å². The molecule has 2 amide bonds. The van der Waals surface area contributed by atoms with Gasteiger partial charge in [0.05, 0.1) is 20.1 Å². The Morgan fingerprint density at radius 3 is 2.36 bits per heavy atom. The number of hydrogen-bond donors (Lipinski definition) is 1. The minimum atomic E-state index is -0.434. The molecular weight excluding hydrogens is 423 g/mol. The second-order valence-electron chi connectivity index (χ2n) is 9.70. The summed E-state index contributed by atoms with van der Waals surface area (Å²) in [5.74, 6) is 0.203. The minimum Gasteiger partial charge on any atom is -0.497 e. The van der Waals surface area contributed by atoms with E-state index >= 15 is 0 Å². The fourth-order valence-corrected chi connectivity index (χ4v) is 4.20. The lowest BCUT2D eigenvalue weighted by Gasteiger charge is -2.23. The van der Waals surface area contributed by atoms with Crippen molar-refractivity contribution in [3.05, 3.63) is 59.4 Å². The average molecular weight is 457 g/mol. The standard InChI is InChI=1S/C26H33FN2O4/c1-26(2,3)13-24(30)29-15-21(20-11-10-19(32-4)12-23(20)33-5)22(16-29)25(31)28-14-17-6-8-18(27)9-7-17/h6-12,21-22H,13-16H2,1-5H3,(H,28,31). The Bertz CT molecular complexity index is 985. The van der Waals surface area contributed by atoms with Crippen molar-refractivity contribution in [2.24, 2.45) is 11.3 Å². The van der Waals surface area contributed by atoms with Crippen molar-refractivity contribution in [1.29, 1.82) is 0 Å². The van der Waals surface area contributed by atoms with Gasteiger partial charge in [-0.3, -0.25) is 9.59 Å². The highest BCUT2D eigenvalue weighted by Gasteiger charge is 2.42. The summed E-state index contributed by atoms with van der Waals surface area (Å²) in [6.45, 7) is 7.14. The molecule has 1 aliphatic heterocycles. The summed E-state index contributed by atoms with van der Waals surface area (Å²) in [4.78, 5) is 28.0. The minimum absolute atomic E-state index is 0.0359. The van der Waals surface area contributed by atoms with Gasteiger partial charge in [0.25, 0.3) is 0 Å². The van der Waals surface area contributed by atoms with Crippen LogP contribution in [0.15, 0.2) is 42.5 Å². The lowest BCUT2D eigenvalue weighted by Crippen LogP contribution is -2.36. The number of rotatable bonds is 7. The molecule has 33 heavy (non-hydrogen) atoms. The first-order valence-electron chi connectivity index (χ1n) is 11.1. The molecular formula is C26H33FN2O4. The Labute approximate surface area is 195 Å². The Morgan fingerprint density at radius 2 is 1.76 bits per heavy atom. The maximum absolute atomic E-state index is 13.3. The molecule has 2 atom stereocenters. The van der Waals surface area contributed by atoms with Crippen LogP contribution < -0.4 is 14.8 Å². The van der Waals surface area contributed by atoms with E-state index in [-0.39, 0.29) is 35.5 Å². The van der Waals surface area contributed by atoms with Crippen LogP contribution in [0.3, 0.4) is 0 Å². The molecule has 178 valence electrons. The van der Waals surface area contributed by atoms with Gasteiger partial charge in [0.2, 0.25) is 11.8 Å². The van der Waals surface area contributed by atoms with E-state index in [1.54, 1.807) is 37.3 Å². The topological polar surface area (TPSA) is 67.9 Å². The molecule has 0 saturated carbocycles. The molecule has 0 bridgehead atoms. The number of hydrogen-bond acceptors (Lipinski definition) is 4. The molecule has 3 rings (SSSR count). The van der Waals surface area contributed by atoms with Crippen LogP contribution in [-0.2, 0) is 16.1 Å². The second-order valence-corrected chi connectivity index (χ2v) is 9.70. The Balaban J connectivity index is 1.84. The van der Waals surface area contributed by atoms with E-state index in [0.29, 0.717) is 31.0 Å². The van der Waals surface area contributed by atoms with E-state index < -0.39 is 5.92 Å². The maximum Gasteiger partial charge on any atom is 0.225 e. The van der Waals surface area contributed by atoms with Gasteiger partial charge < -0.3 is 19.7 Å². The van der Waals surface area contributed by atoms with Crippen molar-refractivity contribution in [1.82, 2.24) is 10.2 Å². The molecule has 2 unspecified atom stereocenters. The zero-order valence-corrected chi connectivity index (χ0v) is 20.0. The van der Waals surface area contributed by atoms with Crippen molar-refractivity contribution in [2.45, 2.75) is 39.7 Å². The van der Waals surface area contributed by atoms with Gasteiger partial charge in [-0.2, -0.15) is 0 Å². The molecule has 2 aromatic carbocycles. The SMILES string of the molecule is COc1ccc(C2CN(C(=O)CC(C)(C)C)CC2C(=O)NCc2ccc(F)cc2)c(OC)c1. The molecule has 6 nitrogen and oxygen atoms in total. The lowest BCUT2D eigenvalue weighted by atomic mass is 9.87. The van der Waals surface area contributed by atoms with Gasteiger partial charge in [0.1, 0.15) is 17.3 Å². The number of amides is 2. The average Bonchev–Trinajstić information content (AvgIpc) is 3.22. The summed E-state index contributed by atoms with van der Waals surface area (Å²) >= 11 is 0. The van der Waals surface area contributed by atoms with Crippen molar-refractivity contribution in [3.63, 3.8) is 0 Å². The quantitative estimate of drug-likeness (QED) is 0.680. The third-order valence-electron chi connectivity index (χ3n) is 5.91. The van der Waals surface area contributed by atoms with Crippen LogP contribution in [0.4, 0.5) is 4.39 Å². The highest BCUT2D eigenvalue weighted by molar-refractivity contribution is 5.83. The molecule has 1 heterocycles. The Morgan fingerprint density at radius 1 is 1.06 bits per heavy atom. The van der Waals surface area contributed by atoms with Crippen molar-refractivity contribution in [3.8, 4) is 11.5 Å². The number of likely N-dealkylation sites (tertiary alicyclic amines) is 1. The molecule has 0 aromatic heterocycles. The largest absolute Gasteiger partial charge is 0.497 e.